The number of pyridine rings is 1. The third-order valence-electron chi connectivity index (χ3n) is 5.59. The molecule has 134 valence electrons. The number of urea groups is 1. The Labute approximate surface area is 149 Å². The van der Waals surface area contributed by atoms with Crippen LogP contribution in [0.2, 0.25) is 0 Å². The van der Waals surface area contributed by atoms with Crippen molar-refractivity contribution in [1.82, 2.24) is 14.8 Å². The van der Waals surface area contributed by atoms with Gasteiger partial charge in [-0.25, -0.2) is 19.5 Å². The van der Waals surface area contributed by atoms with E-state index in [-0.39, 0.29) is 23.6 Å². The number of piperazine rings is 1. The Morgan fingerprint density at radius 2 is 2.15 bits per heavy atom. The van der Waals surface area contributed by atoms with Crippen LogP contribution in [-0.4, -0.2) is 64.6 Å². The van der Waals surface area contributed by atoms with Crippen LogP contribution >= 0.6 is 0 Å². The highest BCUT2D eigenvalue weighted by Gasteiger charge is 2.66. The minimum absolute atomic E-state index is 0.00465. The van der Waals surface area contributed by atoms with Crippen LogP contribution in [0.15, 0.2) is 12.3 Å². The highest BCUT2D eigenvalue weighted by molar-refractivity contribution is 6.22. The summed E-state index contributed by atoms with van der Waals surface area (Å²) < 4.78 is 4.82. The molecule has 1 aromatic heterocycles. The van der Waals surface area contributed by atoms with Gasteiger partial charge in [0.15, 0.2) is 0 Å². The molecule has 9 nitrogen and oxygen atoms in total. The first kappa shape index (κ1) is 16.3. The van der Waals surface area contributed by atoms with E-state index >= 15 is 0 Å². The molecule has 1 aromatic rings. The lowest BCUT2D eigenvalue weighted by molar-refractivity contribution is -0.121. The molecule has 3 fully saturated rings. The van der Waals surface area contributed by atoms with Crippen molar-refractivity contribution in [3.8, 4) is 6.07 Å². The third-order valence-corrected chi connectivity index (χ3v) is 5.59. The molecule has 3 saturated heterocycles. The number of hydrogen-bond donors (Lipinski definition) is 0. The van der Waals surface area contributed by atoms with Gasteiger partial charge in [0.25, 0.3) is 5.91 Å². The quantitative estimate of drug-likeness (QED) is 0.692. The number of amides is 4. The number of ether oxygens (including phenoxy) is 1. The molecule has 26 heavy (non-hydrogen) atoms. The molecule has 4 heterocycles. The van der Waals surface area contributed by atoms with Gasteiger partial charge in [-0.3, -0.25) is 4.79 Å². The maximum absolute atomic E-state index is 13.0. The lowest BCUT2D eigenvalue weighted by atomic mass is 9.99. The molecule has 0 aromatic carbocycles. The highest BCUT2D eigenvalue weighted by Crippen LogP contribution is 2.45. The van der Waals surface area contributed by atoms with E-state index in [1.54, 1.807) is 17.9 Å². The lowest BCUT2D eigenvalue weighted by Crippen LogP contribution is -2.54. The number of likely N-dealkylation sites (tertiary alicyclic amines) is 1. The maximum Gasteiger partial charge on any atom is 0.409 e. The standard InChI is InChI=1S/C17H17N5O4/c1-8-4-10(6-19-11(8)5-18)21-15(23)14-13-9(2)12(22(14)16(21)24)7-20(13)17(25)26-3/h4,6,9,12-14H,7H2,1-3H3/t9-,12?,13?,14?/m0/s1. The van der Waals surface area contributed by atoms with Gasteiger partial charge < -0.3 is 14.5 Å². The number of aryl methyl sites for hydroxylation is 1. The number of hydrogen-bond acceptors (Lipinski definition) is 6. The van der Waals surface area contributed by atoms with Crippen molar-refractivity contribution in [1.29, 1.82) is 5.26 Å². The number of methoxy groups -OCH3 is 1. The second-order valence-electron chi connectivity index (χ2n) is 6.82. The molecule has 0 spiro atoms. The van der Waals surface area contributed by atoms with Crippen LogP contribution in [0.5, 0.6) is 0 Å². The molecule has 3 unspecified atom stereocenters. The Kier molecular flexibility index (Phi) is 3.41. The van der Waals surface area contributed by atoms with Crippen LogP contribution in [0.1, 0.15) is 18.2 Å². The average molecular weight is 355 g/mol. The van der Waals surface area contributed by atoms with E-state index < -0.39 is 24.2 Å². The van der Waals surface area contributed by atoms with Crippen LogP contribution in [0.4, 0.5) is 15.3 Å². The number of nitriles is 1. The van der Waals surface area contributed by atoms with Crippen molar-refractivity contribution in [2.45, 2.75) is 32.0 Å². The van der Waals surface area contributed by atoms with E-state index in [1.165, 1.54) is 18.2 Å². The molecule has 0 aliphatic carbocycles. The van der Waals surface area contributed by atoms with E-state index in [0.29, 0.717) is 17.8 Å². The number of carbonyl (C=O) groups is 3. The zero-order chi connectivity index (χ0) is 18.7. The number of nitrogens with zero attached hydrogens (tertiary/aromatic N) is 5. The number of carbonyl (C=O) groups excluding carboxylic acids is 3. The second kappa shape index (κ2) is 5.42. The highest BCUT2D eigenvalue weighted by atomic mass is 16.5. The third kappa shape index (κ3) is 1.89. The number of fused-ring (bicyclic) bond motifs is 5. The van der Waals surface area contributed by atoms with E-state index in [9.17, 15) is 14.4 Å². The summed E-state index contributed by atoms with van der Waals surface area (Å²) >= 11 is 0. The fourth-order valence-corrected chi connectivity index (χ4v) is 4.39. The fraction of sp³-hybridized carbons (Fsp3) is 0.471. The maximum atomic E-state index is 13.0. The summed E-state index contributed by atoms with van der Waals surface area (Å²) in [4.78, 5) is 46.2. The van der Waals surface area contributed by atoms with Crippen molar-refractivity contribution in [2.75, 3.05) is 18.6 Å². The molecule has 4 atom stereocenters. The van der Waals surface area contributed by atoms with Gasteiger partial charge in [-0.05, 0) is 18.6 Å². The fourth-order valence-electron chi connectivity index (χ4n) is 4.39. The lowest BCUT2D eigenvalue weighted by Gasteiger charge is -2.33. The van der Waals surface area contributed by atoms with Crippen LogP contribution in [0.25, 0.3) is 0 Å². The van der Waals surface area contributed by atoms with E-state index in [1.807, 2.05) is 13.0 Å². The number of imide groups is 1. The molecule has 0 radical (unpaired) electrons. The summed E-state index contributed by atoms with van der Waals surface area (Å²) in [6.07, 6.45) is 0.867. The SMILES string of the molecule is COC(=O)N1CC2[C@H](C)C1C1C(=O)N(c3cnc(C#N)c(C)c3)C(=O)N12. The molecule has 0 saturated carbocycles. The first-order valence-electron chi connectivity index (χ1n) is 8.28. The Morgan fingerprint density at radius 3 is 2.77 bits per heavy atom. The van der Waals surface area contributed by atoms with Crippen LogP contribution in [0, 0.1) is 24.2 Å². The minimum Gasteiger partial charge on any atom is -0.453 e. The number of aromatic nitrogens is 1. The van der Waals surface area contributed by atoms with Crippen molar-refractivity contribution in [2.24, 2.45) is 5.92 Å². The summed E-state index contributed by atoms with van der Waals surface area (Å²) in [5.41, 5.74) is 1.17. The van der Waals surface area contributed by atoms with Gasteiger partial charge >= 0.3 is 12.1 Å². The second-order valence-corrected chi connectivity index (χ2v) is 6.82. The van der Waals surface area contributed by atoms with Crippen molar-refractivity contribution >= 4 is 23.7 Å². The molecule has 3 aliphatic heterocycles. The monoisotopic (exact) mass is 355 g/mol. The first-order valence-corrected chi connectivity index (χ1v) is 8.28. The van der Waals surface area contributed by atoms with Crippen molar-refractivity contribution in [3.63, 3.8) is 0 Å². The number of rotatable bonds is 1. The predicted molar refractivity (Wildman–Crippen MR) is 88.0 cm³/mol. The molecule has 2 bridgehead atoms. The van der Waals surface area contributed by atoms with Gasteiger partial charge in [0.05, 0.1) is 31.1 Å². The molecule has 3 aliphatic rings. The summed E-state index contributed by atoms with van der Waals surface area (Å²) in [7, 11) is 1.30. The van der Waals surface area contributed by atoms with Crippen molar-refractivity contribution < 1.29 is 19.1 Å². The Bertz CT molecular complexity index is 878. The van der Waals surface area contributed by atoms with Gasteiger partial charge in [0.2, 0.25) is 0 Å². The van der Waals surface area contributed by atoms with Crippen LogP contribution < -0.4 is 4.90 Å². The van der Waals surface area contributed by atoms with Gasteiger partial charge in [0, 0.05) is 12.5 Å². The zero-order valence-electron chi connectivity index (χ0n) is 14.5. The summed E-state index contributed by atoms with van der Waals surface area (Å²) in [5, 5.41) is 9.00. The van der Waals surface area contributed by atoms with E-state index in [0.717, 1.165) is 4.90 Å². The van der Waals surface area contributed by atoms with Crippen LogP contribution in [-0.2, 0) is 9.53 Å². The van der Waals surface area contributed by atoms with Gasteiger partial charge in [-0.15, -0.1) is 0 Å². The van der Waals surface area contributed by atoms with E-state index in [4.69, 9.17) is 10.00 Å². The molecule has 4 rings (SSSR count). The topological polar surface area (TPSA) is 107 Å². The predicted octanol–water partition coefficient (Wildman–Crippen LogP) is 0.868. The Balaban J connectivity index is 1.71. The van der Waals surface area contributed by atoms with E-state index in [2.05, 4.69) is 4.98 Å². The Hall–Kier alpha value is -3.15. The zero-order valence-corrected chi connectivity index (χ0v) is 14.5. The molecular weight excluding hydrogens is 338 g/mol. The summed E-state index contributed by atoms with van der Waals surface area (Å²) in [5.74, 6) is -0.385. The summed E-state index contributed by atoms with van der Waals surface area (Å²) in [6.45, 7) is 3.99. The first-order chi connectivity index (χ1) is 12.4. The van der Waals surface area contributed by atoms with Crippen LogP contribution in [0.3, 0.4) is 0 Å². The molecule has 9 heteroatoms. The van der Waals surface area contributed by atoms with Crippen molar-refractivity contribution in [3.05, 3.63) is 23.5 Å². The minimum atomic E-state index is -0.716. The molecule has 4 amide bonds. The normalized spacial score (nSPS) is 29.2. The molecule has 0 N–H and O–H groups in total. The van der Waals surface area contributed by atoms with Gasteiger partial charge in [-0.2, -0.15) is 5.26 Å². The Morgan fingerprint density at radius 1 is 1.42 bits per heavy atom. The molecular formula is C17H17N5O4. The average Bonchev–Trinajstić information content (AvgIpc) is 3.20. The summed E-state index contributed by atoms with van der Waals surface area (Å²) in [6, 6.07) is 1.82. The van der Waals surface area contributed by atoms with Gasteiger partial charge in [-0.1, -0.05) is 6.92 Å². The smallest absolute Gasteiger partial charge is 0.409 e. The number of anilines is 1. The van der Waals surface area contributed by atoms with Gasteiger partial charge in [0.1, 0.15) is 17.8 Å². The largest absolute Gasteiger partial charge is 0.453 e.